The monoisotopic (exact) mass is 421 g/mol. The molecule has 28 heavy (non-hydrogen) atoms. The first kappa shape index (κ1) is 21.3. The number of hydrogen-bond acceptors (Lipinski definition) is 5. The van der Waals surface area contributed by atoms with Crippen LogP contribution in [0.25, 0.3) is 0 Å². The molecule has 0 bridgehead atoms. The van der Waals surface area contributed by atoms with E-state index in [2.05, 4.69) is 17.2 Å². The van der Waals surface area contributed by atoms with Crippen molar-refractivity contribution in [2.45, 2.75) is 69.0 Å². The van der Waals surface area contributed by atoms with Gasteiger partial charge in [0.1, 0.15) is 6.26 Å². The molecule has 7 heteroatoms. The van der Waals surface area contributed by atoms with Crippen LogP contribution in [0.15, 0.2) is 35.4 Å². The first-order valence-corrected chi connectivity index (χ1v) is 12.2. The summed E-state index contributed by atoms with van der Waals surface area (Å²) < 4.78 is 16.2. The maximum absolute atomic E-state index is 13.2. The van der Waals surface area contributed by atoms with Gasteiger partial charge >= 0.3 is 0 Å². The minimum Gasteiger partial charge on any atom is -0.374 e. The predicted molar refractivity (Wildman–Crippen MR) is 116 cm³/mol. The zero-order valence-electron chi connectivity index (χ0n) is 16.7. The van der Waals surface area contributed by atoms with Crippen molar-refractivity contribution >= 4 is 33.6 Å². The molecular formula is C21H29N2O3S2+. The number of rotatable bonds is 8. The second kappa shape index (κ2) is 9.87. The Bertz CT molecular complexity index is 770. The summed E-state index contributed by atoms with van der Waals surface area (Å²) in [4.78, 5) is 19.4. The third kappa shape index (κ3) is 5.35. The molecule has 1 saturated carbocycles. The van der Waals surface area contributed by atoms with Crippen molar-refractivity contribution in [2.24, 2.45) is 0 Å². The number of thiazole rings is 1. The van der Waals surface area contributed by atoms with Gasteiger partial charge < -0.3 is 10.1 Å². The van der Waals surface area contributed by atoms with Crippen molar-refractivity contribution in [3.8, 4) is 0 Å². The number of nitrogens with zero attached hydrogens (tertiary/aromatic N) is 1. The number of aromatic nitrogens is 1. The van der Waals surface area contributed by atoms with Crippen LogP contribution >= 0.6 is 11.3 Å². The van der Waals surface area contributed by atoms with Crippen LogP contribution in [-0.4, -0.2) is 33.9 Å². The minimum absolute atomic E-state index is 0.0913. The van der Waals surface area contributed by atoms with Crippen LogP contribution in [0.1, 0.15) is 55.4 Å². The molecule has 1 aromatic heterocycles. The molecule has 5 nitrogen and oxygen atoms in total. The Kier molecular flexibility index (Phi) is 7.51. The standard InChI is InChI=1S/C21H28N2O3S2/c1-4-18(26-16-7-5-6-8-16)19(15-9-11-17(12-10-15)28(3)25)20(24)23-21-22-13-14(2)27-21/h9-13,16,18-19,25H,4-8H2,1-3H3/p+1. The summed E-state index contributed by atoms with van der Waals surface area (Å²) in [7, 11) is 0. The van der Waals surface area contributed by atoms with Gasteiger partial charge in [0.15, 0.2) is 21.2 Å². The summed E-state index contributed by atoms with van der Waals surface area (Å²) in [5.74, 6) is -0.507. The van der Waals surface area contributed by atoms with Crippen molar-refractivity contribution < 1.29 is 14.1 Å². The van der Waals surface area contributed by atoms with Gasteiger partial charge in [0.25, 0.3) is 0 Å². The molecule has 0 saturated heterocycles. The largest absolute Gasteiger partial charge is 0.374 e. The van der Waals surface area contributed by atoms with Gasteiger partial charge in [-0.3, -0.25) is 4.79 Å². The van der Waals surface area contributed by atoms with Gasteiger partial charge in [-0.15, -0.1) is 11.3 Å². The molecule has 3 atom stereocenters. The number of ether oxygens (including phenoxy) is 1. The lowest BCUT2D eigenvalue weighted by molar-refractivity contribution is -0.123. The van der Waals surface area contributed by atoms with E-state index in [4.69, 9.17) is 4.74 Å². The van der Waals surface area contributed by atoms with E-state index in [0.29, 0.717) is 5.13 Å². The molecule has 1 fully saturated rings. The van der Waals surface area contributed by atoms with Gasteiger partial charge in [-0.25, -0.2) is 4.98 Å². The number of carbonyl (C=O) groups is 1. The van der Waals surface area contributed by atoms with Crippen LogP contribution < -0.4 is 5.32 Å². The molecule has 1 heterocycles. The summed E-state index contributed by atoms with van der Waals surface area (Å²) in [5, 5.41) is 3.60. The number of carbonyl (C=O) groups excluding carboxylic acids is 1. The molecule has 2 aromatic rings. The van der Waals surface area contributed by atoms with Crippen LogP contribution in [0.4, 0.5) is 5.13 Å². The molecule has 2 N–H and O–H groups in total. The van der Waals surface area contributed by atoms with E-state index in [-0.39, 0.29) is 18.1 Å². The highest BCUT2D eigenvalue weighted by atomic mass is 32.2. The molecule has 1 aliphatic carbocycles. The van der Waals surface area contributed by atoms with E-state index >= 15 is 0 Å². The first-order chi connectivity index (χ1) is 13.5. The predicted octanol–water partition coefficient (Wildman–Crippen LogP) is 4.99. The van der Waals surface area contributed by atoms with Crippen LogP contribution in [0.5, 0.6) is 0 Å². The van der Waals surface area contributed by atoms with E-state index in [1.165, 1.54) is 24.2 Å². The Morgan fingerprint density at radius 3 is 2.57 bits per heavy atom. The van der Waals surface area contributed by atoms with Gasteiger partial charge in [0.2, 0.25) is 5.91 Å². The third-order valence-corrected chi connectivity index (χ3v) is 6.94. The van der Waals surface area contributed by atoms with Crippen LogP contribution in [-0.2, 0) is 20.7 Å². The highest BCUT2D eigenvalue weighted by Crippen LogP contribution is 2.32. The second-order valence-corrected chi connectivity index (χ2v) is 9.94. The third-order valence-electron chi connectivity index (χ3n) is 5.16. The number of anilines is 1. The topological polar surface area (TPSA) is 71.5 Å². The number of hydrogen-bond donors (Lipinski definition) is 2. The molecule has 1 aromatic carbocycles. The van der Waals surface area contributed by atoms with Crippen molar-refractivity contribution in [3.63, 3.8) is 0 Å². The Balaban J connectivity index is 1.85. The Morgan fingerprint density at radius 2 is 2.04 bits per heavy atom. The maximum Gasteiger partial charge on any atom is 0.236 e. The summed E-state index contributed by atoms with van der Waals surface area (Å²) in [6.45, 7) is 4.04. The molecule has 1 aliphatic rings. The lowest BCUT2D eigenvalue weighted by Crippen LogP contribution is -2.34. The van der Waals surface area contributed by atoms with E-state index in [1.807, 2.05) is 31.2 Å². The SMILES string of the molecule is CCC(OC1CCCC1)C(C(=O)Nc1ncc(C)s1)c1ccc([S+](C)O)cc1. The number of nitrogens with one attached hydrogen (secondary N) is 1. The van der Waals surface area contributed by atoms with Gasteiger partial charge in [0, 0.05) is 11.1 Å². The molecule has 0 spiro atoms. The van der Waals surface area contributed by atoms with Gasteiger partial charge in [-0.2, -0.15) is 4.55 Å². The van der Waals surface area contributed by atoms with Crippen LogP contribution in [0, 0.1) is 6.92 Å². The quantitative estimate of drug-likeness (QED) is 0.589. The molecular weight excluding hydrogens is 392 g/mol. The average molecular weight is 422 g/mol. The zero-order chi connectivity index (χ0) is 20.1. The number of amides is 1. The van der Waals surface area contributed by atoms with Gasteiger partial charge in [-0.1, -0.05) is 31.9 Å². The van der Waals surface area contributed by atoms with Crippen LogP contribution in [0.3, 0.4) is 0 Å². The fourth-order valence-electron chi connectivity index (χ4n) is 3.68. The first-order valence-electron chi connectivity index (χ1n) is 9.81. The van der Waals surface area contributed by atoms with E-state index < -0.39 is 17.1 Å². The highest BCUT2D eigenvalue weighted by Gasteiger charge is 2.33. The van der Waals surface area contributed by atoms with E-state index in [1.54, 1.807) is 12.5 Å². The Labute approximate surface area is 174 Å². The van der Waals surface area contributed by atoms with Gasteiger partial charge in [0.05, 0.1) is 18.1 Å². The maximum atomic E-state index is 13.2. The number of aryl methyl sites for hydroxylation is 1. The van der Waals surface area contributed by atoms with Crippen molar-refractivity contribution in [1.82, 2.24) is 4.98 Å². The number of benzene rings is 1. The summed E-state index contributed by atoms with van der Waals surface area (Å²) in [6, 6.07) is 7.67. The Hall–Kier alpha value is -1.41. The molecule has 0 radical (unpaired) electrons. The average Bonchev–Trinajstić information content (AvgIpc) is 3.33. The van der Waals surface area contributed by atoms with E-state index in [9.17, 15) is 9.35 Å². The fraction of sp³-hybridized carbons (Fsp3) is 0.524. The summed E-state index contributed by atoms with van der Waals surface area (Å²) in [5.41, 5.74) is 0.907. The van der Waals surface area contributed by atoms with Crippen LogP contribution in [0.2, 0.25) is 0 Å². The second-order valence-electron chi connectivity index (χ2n) is 7.28. The molecule has 1 amide bonds. The molecule has 3 unspecified atom stereocenters. The lowest BCUT2D eigenvalue weighted by atomic mass is 9.90. The Morgan fingerprint density at radius 1 is 1.36 bits per heavy atom. The lowest BCUT2D eigenvalue weighted by Gasteiger charge is -2.28. The van der Waals surface area contributed by atoms with Crippen molar-refractivity contribution in [1.29, 1.82) is 0 Å². The van der Waals surface area contributed by atoms with E-state index in [0.717, 1.165) is 34.6 Å². The van der Waals surface area contributed by atoms with Crippen molar-refractivity contribution in [3.05, 3.63) is 40.9 Å². The summed E-state index contributed by atoms with van der Waals surface area (Å²) in [6.07, 6.45) is 8.86. The fourth-order valence-corrected chi connectivity index (χ4v) is 4.88. The normalized spacial score (nSPS) is 18.0. The van der Waals surface area contributed by atoms with Gasteiger partial charge in [-0.05, 0) is 43.9 Å². The molecule has 3 rings (SSSR count). The molecule has 0 aliphatic heterocycles. The highest BCUT2D eigenvalue weighted by molar-refractivity contribution is 7.90. The molecule has 152 valence electrons. The summed E-state index contributed by atoms with van der Waals surface area (Å²) >= 11 is 0.675. The van der Waals surface area contributed by atoms with Crippen molar-refractivity contribution in [2.75, 3.05) is 11.6 Å². The smallest absolute Gasteiger partial charge is 0.236 e. The minimum atomic E-state index is -0.796. The zero-order valence-corrected chi connectivity index (χ0v) is 18.3.